The van der Waals surface area contributed by atoms with Gasteiger partial charge in [0.25, 0.3) is 11.6 Å². The predicted octanol–water partition coefficient (Wildman–Crippen LogP) is 3.71. The minimum atomic E-state index is -0.251. The molecule has 0 radical (unpaired) electrons. The molecule has 130 valence electrons. The van der Waals surface area contributed by atoms with Gasteiger partial charge in [0.2, 0.25) is 0 Å². The summed E-state index contributed by atoms with van der Waals surface area (Å²) in [5.41, 5.74) is 4.59. The number of rotatable bonds is 4. The number of aromatic nitrogens is 2. The third-order valence-electron chi connectivity index (χ3n) is 4.21. The summed E-state index contributed by atoms with van der Waals surface area (Å²) in [5.74, 6) is -0.0976. The van der Waals surface area contributed by atoms with E-state index in [0.717, 1.165) is 16.8 Å². The van der Waals surface area contributed by atoms with E-state index in [1.54, 1.807) is 19.1 Å². The minimum Gasteiger partial charge on any atom is -0.392 e. The molecule has 0 bridgehead atoms. The molecule has 0 aliphatic carbocycles. The van der Waals surface area contributed by atoms with E-state index in [-0.39, 0.29) is 18.4 Å². The molecule has 0 fully saturated rings. The fraction of sp³-hybridized carbons (Fsp3) is 0.316. The second-order valence-corrected chi connectivity index (χ2v) is 6.46. The van der Waals surface area contributed by atoms with E-state index in [1.807, 2.05) is 32.9 Å². The SMILES string of the molecule is Cc1ccc(CO)cc1NC(=O)c1cc(C(C)C)nc2onc(C)c12. The molecule has 3 aromatic rings. The summed E-state index contributed by atoms with van der Waals surface area (Å²) < 4.78 is 5.27. The van der Waals surface area contributed by atoms with Crippen LogP contribution in [0.25, 0.3) is 11.1 Å². The average Bonchev–Trinajstić information content (AvgIpc) is 2.97. The Hall–Kier alpha value is -2.73. The molecule has 2 N–H and O–H groups in total. The van der Waals surface area contributed by atoms with Gasteiger partial charge in [-0.1, -0.05) is 31.1 Å². The third-order valence-corrected chi connectivity index (χ3v) is 4.21. The number of carbonyl (C=O) groups is 1. The first-order valence-electron chi connectivity index (χ1n) is 8.19. The molecule has 0 saturated heterocycles. The van der Waals surface area contributed by atoms with E-state index in [0.29, 0.717) is 28.0 Å². The average molecular weight is 339 g/mol. The van der Waals surface area contributed by atoms with Gasteiger partial charge in [0, 0.05) is 11.4 Å². The smallest absolute Gasteiger partial charge is 0.259 e. The molecule has 0 aliphatic rings. The molecule has 3 rings (SSSR count). The van der Waals surface area contributed by atoms with Crippen LogP contribution in [0.1, 0.15) is 52.6 Å². The molecule has 6 nitrogen and oxygen atoms in total. The molecule has 0 aliphatic heterocycles. The molecular formula is C19H21N3O3. The summed E-state index contributed by atoms with van der Waals surface area (Å²) in [7, 11) is 0. The second-order valence-electron chi connectivity index (χ2n) is 6.46. The van der Waals surface area contributed by atoms with Gasteiger partial charge in [0.05, 0.1) is 23.3 Å². The number of hydrogen-bond acceptors (Lipinski definition) is 5. The lowest BCUT2D eigenvalue weighted by Gasteiger charge is -2.12. The predicted molar refractivity (Wildman–Crippen MR) is 95.7 cm³/mol. The highest BCUT2D eigenvalue weighted by molar-refractivity contribution is 6.12. The lowest BCUT2D eigenvalue weighted by atomic mass is 10.0. The van der Waals surface area contributed by atoms with Gasteiger partial charge in [-0.2, -0.15) is 0 Å². The lowest BCUT2D eigenvalue weighted by molar-refractivity contribution is 0.102. The van der Waals surface area contributed by atoms with Crippen LogP contribution >= 0.6 is 0 Å². The maximum Gasteiger partial charge on any atom is 0.259 e. The number of fused-ring (bicyclic) bond motifs is 1. The van der Waals surface area contributed by atoms with Gasteiger partial charge in [-0.15, -0.1) is 0 Å². The maximum absolute atomic E-state index is 12.9. The molecule has 6 heteroatoms. The second kappa shape index (κ2) is 6.64. The number of nitrogens with one attached hydrogen (secondary N) is 1. The van der Waals surface area contributed by atoms with E-state index in [9.17, 15) is 9.90 Å². The molecule has 2 heterocycles. The Kier molecular flexibility index (Phi) is 4.55. The first kappa shape index (κ1) is 17.1. The number of amides is 1. The van der Waals surface area contributed by atoms with Crippen LogP contribution < -0.4 is 5.32 Å². The van der Waals surface area contributed by atoms with Crippen molar-refractivity contribution in [3.8, 4) is 0 Å². The lowest BCUT2D eigenvalue weighted by Crippen LogP contribution is -2.15. The van der Waals surface area contributed by atoms with Crippen molar-refractivity contribution in [3.05, 3.63) is 52.3 Å². The Bertz CT molecular complexity index is 944. The van der Waals surface area contributed by atoms with Crippen molar-refractivity contribution in [2.75, 3.05) is 5.32 Å². The van der Waals surface area contributed by atoms with E-state index < -0.39 is 0 Å². The first-order chi connectivity index (χ1) is 11.9. The number of benzene rings is 1. The largest absolute Gasteiger partial charge is 0.392 e. The fourth-order valence-corrected chi connectivity index (χ4v) is 2.68. The van der Waals surface area contributed by atoms with Crippen molar-refractivity contribution in [2.24, 2.45) is 0 Å². The number of nitrogens with zero attached hydrogens (tertiary/aromatic N) is 2. The van der Waals surface area contributed by atoms with Gasteiger partial charge >= 0.3 is 0 Å². The first-order valence-corrected chi connectivity index (χ1v) is 8.19. The Morgan fingerprint density at radius 1 is 1.28 bits per heavy atom. The van der Waals surface area contributed by atoms with Gasteiger partial charge in [-0.25, -0.2) is 4.98 Å². The maximum atomic E-state index is 12.9. The zero-order valence-corrected chi connectivity index (χ0v) is 14.8. The third kappa shape index (κ3) is 3.25. The molecule has 0 spiro atoms. The van der Waals surface area contributed by atoms with E-state index in [4.69, 9.17) is 4.52 Å². The van der Waals surface area contributed by atoms with Crippen molar-refractivity contribution in [1.82, 2.24) is 10.1 Å². The van der Waals surface area contributed by atoms with Crippen LogP contribution in [0.2, 0.25) is 0 Å². The van der Waals surface area contributed by atoms with Gasteiger partial charge in [0.15, 0.2) is 0 Å². The molecule has 2 aromatic heterocycles. The van der Waals surface area contributed by atoms with Crippen LogP contribution in [0.3, 0.4) is 0 Å². The molecular weight excluding hydrogens is 318 g/mol. The van der Waals surface area contributed by atoms with Crippen molar-refractivity contribution < 1.29 is 14.4 Å². The Balaban J connectivity index is 2.06. The number of aliphatic hydroxyl groups excluding tert-OH is 1. The van der Waals surface area contributed by atoms with Crippen LogP contribution in [-0.2, 0) is 6.61 Å². The molecule has 0 atom stereocenters. The van der Waals surface area contributed by atoms with Crippen LogP contribution in [0.15, 0.2) is 28.8 Å². The number of carbonyl (C=O) groups excluding carboxylic acids is 1. The van der Waals surface area contributed by atoms with Crippen LogP contribution in [0.4, 0.5) is 5.69 Å². The topological polar surface area (TPSA) is 88.2 Å². The highest BCUT2D eigenvalue weighted by Gasteiger charge is 2.20. The Morgan fingerprint density at radius 2 is 2.04 bits per heavy atom. The number of pyridine rings is 1. The summed E-state index contributed by atoms with van der Waals surface area (Å²) in [4.78, 5) is 17.4. The van der Waals surface area contributed by atoms with Crippen LogP contribution in [0.5, 0.6) is 0 Å². The van der Waals surface area contributed by atoms with Crippen LogP contribution in [0, 0.1) is 13.8 Å². The normalized spacial score (nSPS) is 11.3. The molecule has 1 amide bonds. The standard InChI is InChI=1S/C19H21N3O3/c1-10(2)15-8-14(17-12(4)22-25-19(17)21-15)18(24)20-16-7-13(9-23)6-5-11(16)3/h5-8,10,23H,9H2,1-4H3,(H,20,24). The minimum absolute atomic E-state index is 0.0785. The van der Waals surface area contributed by atoms with Crippen molar-refractivity contribution >= 4 is 22.7 Å². The quantitative estimate of drug-likeness (QED) is 0.756. The highest BCUT2D eigenvalue weighted by Crippen LogP contribution is 2.26. The number of aryl methyl sites for hydroxylation is 2. The van der Waals surface area contributed by atoms with E-state index in [1.165, 1.54) is 0 Å². The summed E-state index contributed by atoms with van der Waals surface area (Å²) in [5, 5.41) is 16.8. The Morgan fingerprint density at radius 3 is 2.72 bits per heavy atom. The monoisotopic (exact) mass is 339 g/mol. The number of anilines is 1. The Labute approximate surface area is 145 Å². The number of hydrogen-bond donors (Lipinski definition) is 2. The van der Waals surface area contributed by atoms with E-state index in [2.05, 4.69) is 15.5 Å². The van der Waals surface area contributed by atoms with Crippen LogP contribution in [-0.4, -0.2) is 21.2 Å². The molecule has 1 aromatic carbocycles. The zero-order chi connectivity index (χ0) is 18.1. The molecule has 0 unspecified atom stereocenters. The van der Waals surface area contributed by atoms with Gasteiger partial charge in [-0.05, 0) is 43.0 Å². The van der Waals surface area contributed by atoms with Crippen molar-refractivity contribution in [3.63, 3.8) is 0 Å². The zero-order valence-electron chi connectivity index (χ0n) is 14.8. The van der Waals surface area contributed by atoms with Crippen molar-refractivity contribution in [1.29, 1.82) is 0 Å². The van der Waals surface area contributed by atoms with Gasteiger partial charge in [0.1, 0.15) is 0 Å². The number of aliphatic hydroxyl groups is 1. The highest BCUT2D eigenvalue weighted by atomic mass is 16.5. The van der Waals surface area contributed by atoms with Crippen molar-refractivity contribution in [2.45, 2.75) is 40.2 Å². The van der Waals surface area contributed by atoms with Gasteiger partial charge in [-0.3, -0.25) is 4.79 Å². The summed E-state index contributed by atoms with van der Waals surface area (Å²) >= 11 is 0. The summed E-state index contributed by atoms with van der Waals surface area (Å²) in [6.07, 6.45) is 0. The fourth-order valence-electron chi connectivity index (χ4n) is 2.68. The summed E-state index contributed by atoms with van der Waals surface area (Å²) in [6, 6.07) is 7.26. The molecule has 0 saturated carbocycles. The van der Waals surface area contributed by atoms with E-state index >= 15 is 0 Å². The summed E-state index contributed by atoms with van der Waals surface area (Å²) in [6.45, 7) is 7.63. The molecule has 25 heavy (non-hydrogen) atoms. The van der Waals surface area contributed by atoms with Gasteiger partial charge < -0.3 is 14.9 Å².